The number of aliphatic hydroxyl groups excluding tert-OH is 1. The van der Waals surface area contributed by atoms with Crippen molar-refractivity contribution in [3.05, 3.63) is 11.2 Å². The monoisotopic (exact) mass is 286 g/mol. The second-order valence-corrected chi connectivity index (χ2v) is 5.06. The molecular formula is C13H23ClN4O. The van der Waals surface area contributed by atoms with Crippen molar-refractivity contribution in [3.63, 3.8) is 0 Å². The molecule has 0 saturated heterocycles. The summed E-state index contributed by atoms with van der Waals surface area (Å²) < 4.78 is 0. The highest BCUT2D eigenvalue weighted by Crippen LogP contribution is 2.25. The Morgan fingerprint density at radius 2 is 2.21 bits per heavy atom. The van der Waals surface area contributed by atoms with E-state index in [0.29, 0.717) is 17.4 Å². The van der Waals surface area contributed by atoms with Crippen LogP contribution in [0, 0.1) is 0 Å². The van der Waals surface area contributed by atoms with Crippen LogP contribution in [0.1, 0.15) is 33.6 Å². The molecule has 0 spiro atoms. The molecule has 0 unspecified atom stereocenters. The van der Waals surface area contributed by atoms with Gasteiger partial charge in [-0.3, -0.25) is 0 Å². The molecule has 0 aliphatic heterocycles. The van der Waals surface area contributed by atoms with Crippen molar-refractivity contribution >= 4 is 23.4 Å². The second-order valence-electron chi connectivity index (χ2n) is 4.66. The Morgan fingerprint density at radius 1 is 1.47 bits per heavy atom. The number of aromatic nitrogens is 2. The predicted octanol–water partition coefficient (Wildman–Crippen LogP) is 2.55. The molecule has 1 aromatic rings. The lowest BCUT2D eigenvalue weighted by molar-refractivity contribution is 0.288. The van der Waals surface area contributed by atoms with E-state index in [0.717, 1.165) is 25.3 Å². The van der Waals surface area contributed by atoms with Crippen molar-refractivity contribution in [1.29, 1.82) is 0 Å². The van der Waals surface area contributed by atoms with Gasteiger partial charge in [0.15, 0.2) is 5.82 Å². The number of nitrogens with one attached hydrogen (secondary N) is 1. The van der Waals surface area contributed by atoms with Crippen molar-refractivity contribution < 1.29 is 5.11 Å². The standard InChI is InChI=1S/C13H23ClN4O/c1-4-6-15-13-16-9-11(14)12(17-13)18(10(2)3)7-5-8-19/h9-10,19H,4-8H2,1-3H3,(H,15,16,17). The van der Waals surface area contributed by atoms with Gasteiger partial charge in [-0.15, -0.1) is 0 Å². The zero-order valence-corrected chi connectivity index (χ0v) is 12.6. The van der Waals surface area contributed by atoms with Gasteiger partial charge >= 0.3 is 0 Å². The Kier molecular flexibility index (Phi) is 6.87. The first-order chi connectivity index (χ1) is 9.10. The summed E-state index contributed by atoms with van der Waals surface area (Å²) >= 11 is 6.19. The summed E-state index contributed by atoms with van der Waals surface area (Å²) in [6.45, 7) is 7.96. The minimum atomic E-state index is 0.160. The van der Waals surface area contributed by atoms with Gasteiger partial charge in [0.2, 0.25) is 5.95 Å². The molecule has 5 nitrogen and oxygen atoms in total. The van der Waals surface area contributed by atoms with E-state index in [9.17, 15) is 0 Å². The van der Waals surface area contributed by atoms with Gasteiger partial charge < -0.3 is 15.3 Å². The molecule has 0 radical (unpaired) electrons. The fraction of sp³-hybridized carbons (Fsp3) is 0.692. The molecule has 1 rings (SSSR count). The number of hydrogen-bond donors (Lipinski definition) is 2. The van der Waals surface area contributed by atoms with E-state index in [1.165, 1.54) is 0 Å². The largest absolute Gasteiger partial charge is 0.396 e. The molecule has 0 fully saturated rings. The topological polar surface area (TPSA) is 61.3 Å². The molecule has 0 atom stereocenters. The molecule has 108 valence electrons. The number of nitrogens with zero attached hydrogens (tertiary/aromatic N) is 3. The van der Waals surface area contributed by atoms with E-state index >= 15 is 0 Å². The Bertz CT molecular complexity index is 387. The predicted molar refractivity (Wildman–Crippen MR) is 80.0 cm³/mol. The quantitative estimate of drug-likeness (QED) is 0.769. The van der Waals surface area contributed by atoms with Gasteiger partial charge in [-0.1, -0.05) is 18.5 Å². The molecule has 19 heavy (non-hydrogen) atoms. The second kappa shape index (κ2) is 8.17. The maximum atomic E-state index is 8.98. The fourth-order valence-corrected chi connectivity index (χ4v) is 1.93. The molecule has 0 saturated carbocycles. The average molecular weight is 287 g/mol. The fourth-order valence-electron chi connectivity index (χ4n) is 1.73. The molecule has 0 aliphatic carbocycles. The van der Waals surface area contributed by atoms with Gasteiger partial charge in [-0.2, -0.15) is 4.98 Å². The number of hydrogen-bond acceptors (Lipinski definition) is 5. The Morgan fingerprint density at radius 3 is 2.79 bits per heavy atom. The van der Waals surface area contributed by atoms with E-state index in [2.05, 4.69) is 41.0 Å². The van der Waals surface area contributed by atoms with Crippen LogP contribution in [0.3, 0.4) is 0 Å². The summed E-state index contributed by atoms with van der Waals surface area (Å²) in [6, 6.07) is 0.262. The van der Waals surface area contributed by atoms with Crippen LogP contribution in [0.5, 0.6) is 0 Å². The van der Waals surface area contributed by atoms with E-state index in [1.807, 2.05) is 0 Å². The molecule has 2 N–H and O–H groups in total. The minimum absolute atomic E-state index is 0.160. The first-order valence-electron chi connectivity index (χ1n) is 6.74. The molecule has 6 heteroatoms. The summed E-state index contributed by atoms with van der Waals surface area (Å²) in [4.78, 5) is 10.7. The molecule has 1 heterocycles. The highest BCUT2D eigenvalue weighted by atomic mass is 35.5. The molecule has 0 amide bonds. The van der Waals surface area contributed by atoms with Gasteiger partial charge in [-0.05, 0) is 26.7 Å². The van der Waals surface area contributed by atoms with Crippen LogP contribution in [0.2, 0.25) is 5.02 Å². The molecule has 0 aromatic carbocycles. The minimum Gasteiger partial charge on any atom is -0.396 e. The maximum Gasteiger partial charge on any atom is 0.224 e. The zero-order valence-electron chi connectivity index (χ0n) is 11.9. The normalized spacial score (nSPS) is 10.8. The van der Waals surface area contributed by atoms with Crippen LogP contribution >= 0.6 is 11.6 Å². The van der Waals surface area contributed by atoms with Crippen LogP contribution in [0.25, 0.3) is 0 Å². The van der Waals surface area contributed by atoms with Gasteiger partial charge in [-0.25, -0.2) is 4.98 Å². The lowest BCUT2D eigenvalue weighted by Crippen LogP contribution is -2.33. The number of anilines is 2. The lowest BCUT2D eigenvalue weighted by atomic mass is 10.3. The summed E-state index contributed by atoms with van der Waals surface area (Å²) in [7, 11) is 0. The average Bonchev–Trinajstić information content (AvgIpc) is 2.39. The highest BCUT2D eigenvalue weighted by Gasteiger charge is 2.16. The van der Waals surface area contributed by atoms with E-state index in [1.54, 1.807) is 6.20 Å². The van der Waals surface area contributed by atoms with Crippen molar-refractivity contribution in [2.45, 2.75) is 39.7 Å². The van der Waals surface area contributed by atoms with E-state index in [-0.39, 0.29) is 12.6 Å². The molecular weight excluding hydrogens is 264 g/mol. The number of aliphatic hydroxyl groups is 1. The first kappa shape index (κ1) is 16.0. The van der Waals surface area contributed by atoms with Gasteiger partial charge in [0.25, 0.3) is 0 Å². The maximum absolute atomic E-state index is 8.98. The van der Waals surface area contributed by atoms with Gasteiger partial charge in [0, 0.05) is 25.7 Å². The summed E-state index contributed by atoms with van der Waals surface area (Å²) in [5, 5.41) is 12.7. The van der Waals surface area contributed by atoms with E-state index in [4.69, 9.17) is 16.7 Å². The SMILES string of the molecule is CCCNc1ncc(Cl)c(N(CCCO)C(C)C)n1. The van der Waals surface area contributed by atoms with Crippen LogP contribution in [0.4, 0.5) is 11.8 Å². The smallest absolute Gasteiger partial charge is 0.224 e. The molecule has 1 aromatic heterocycles. The van der Waals surface area contributed by atoms with Crippen LogP contribution in [0.15, 0.2) is 6.20 Å². The number of halogens is 1. The Balaban J connectivity index is 2.93. The Hall–Kier alpha value is -1.07. The van der Waals surface area contributed by atoms with Crippen LogP contribution in [-0.4, -0.2) is 40.8 Å². The first-order valence-corrected chi connectivity index (χ1v) is 7.11. The van der Waals surface area contributed by atoms with E-state index < -0.39 is 0 Å². The van der Waals surface area contributed by atoms with Gasteiger partial charge in [0.1, 0.15) is 5.02 Å². The summed E-state index contributed by atoms with van der Waals surface area (Å²) in [6.07, 6.45) is 3.33. The third kappa shape index (κ3) is 4.84. The lowest BCUT2D eigenvalue weighted by Gasteiger charge is -2.28. The highest BCUT2D eigenvalue weighted by molar-refractivity contribution is 6.32. The third-order valence-electron chi connectivity index (χ3n) is 2.71. The van der Waals surface area contributed by atoms with Crippen molar-refractivity contribution in [2.75, 3.05) is 29.9 Å². The van der Waals surface area contributed by atoms with Crippen molar-refractivity contribution in [3.8, 4) is 0 Å². The molecule has 0 aliphatic rings. The number of rotatable bonds is 8. The third-order valence-corrected chi connectivity index (χ3v) is 2.98. The van der Waals surface area contributed by atoms with Crippen molar-refractivity contribution in [1.82, 2.24) is 9.97 Å². The Labute approximate surface area is 120 Å². The van der Waals surface area contributed by atoms with Crippen LogP contribution in [-0.2, 0) is 0 Å². The summed E-state index contributed by atoms with van der Waals surface area (Å²) in [5.74, 6) is 1.31. The van der Waals surface area contributed by atoms with Gasteiger partial charge in [0.05, 0.1) is 6.20 Å². The molecule has 0 bridgehead atoms. The summed E-state index contributed by atoms with van der Waals surface area (Å²) in [5.41, 5.74) is 0. The zero-order chi connectivity index (χ0) is 14.3. The van der Waals surface area contributed by atoms with Crippen LogP contribution < -0.4 is 10.2 Å². The van der Waals surface area contributed by atoms with Crippen molar-refractivity contribution in [2.24, 2.45) is 0 Å².